The molecule has 2 aromatic carbocycles. The number of halogens is 1. The Hall–Kier alpha value is -2.41. The molecule has 7 heteroatoms. The average molecular weight is 351 g/mol. The van der Waals surface area contributed by atoms with E-state index in [1.807, 2.05) is 6.07 Å². The molecular weight excluding hydrogens is 340 g/mol. The molecule has 0 saturated heterocycles. The van der Waals surface area contributed by atoms with Gasteiger partial charge in [-0.1, -0.05) is 12.1 Å². The number of nitro groups is 1. The molecule has 0 spiro atoms. The molecule has 1 amide bonds. The normalized spacial score (nSPS) is 10.0. The summed E-state index contributed by atoms with van der Waals surface area (Å²) in [5.41, 5.74) is 0.511. The summed E-state index contributed by atoms with van der Waals surface area (Å²) in [6, 6.07) is 11.1. The number of anilines is 1. The SMILES string of the molecule is COc1ccc(C(=O)Nc2ccccc2Br)cc1[N+](=O)[O-]. The summed E-state index contributed by atoms with van der Waals surface area (Å²) in [7, 11) is 1.34. The minimum Gasteiger partial charge on any atom is -0.490 e. The van der Waals surface area contributed by atoms with Gasteiger partial charge in [0.05, 0.1) is 17.7 Å². The van der Waals surface area contributed by atoms with Gasteiger partial charge in [-0.15, -0.1) is 0 Å². The van der Waals surface area contributed by atoms with Crippen molar-refractivity contribution in [1.82, 2.24) is 0 Å². The lowest BCUT2D eigenvalue weighted by molar-refractivity contribution is -0.385. The number of hydrogen-bond donors (Lipinski definition) is 1. The number of methoxy groups -OCH3 is 1. The minimum atomic E-state index is -0.589. The highest BCUT2D eigenvalue weighted by molar-refractivity contribution is 9.10. The van der Waals surface area contributed by atoms with Crippen LogP contribution in [0.2, 0.25) is 0 Å². The largest absolute Gasteiger partial charge is 0.490 e. The van der Waals surface area contributed by atoms with Crippen LogP contribution in [0.25, 0.3) is 0 Å². The summed E-state index contributed by atoms with van der Waals surface area (Å²) in [6.07, 6.45) is 0. The van der Waals surface area contributed by atoms with E-state index < -0.39 is 10.8 Å². The number of carbonyl (C=O) groups excluding carboxylic acids is 1. The first-order chi connectivity index (χ1) is 10.0. The molecule has 6 nitrogen and oxygen atoms in total. The van der Waals surface area contributed by atoms with Gasteiger partial charge in [0.25, 0.3) is 5.91 Å². The van der Waals surface area contributed by atoms with E-state index in [2.05, 4.69) is 21.2 Å². The third-order valence-electron chi connectivity index (χ3n) is 2.76. The van der Waals surface area contributed by atoms with E-state index in [9.17, 15) is 14.9 Å². The number of hydrogen-bond acceptors (Lipinski definition) is 4. The first kappa shape index (κ1) is 15.0. The van der Waals surface area contributed by atoms with Crippen molar-refractivity contribution >= 4 is 33.2 Å². The second-order valence-electron chi connectivity index (χ2n) is 4.08. The molecule has 21 heavy (non-hydrogen) atoms. The molecule has 0 aliphatic carbocycles. The average Bonchev–Trinajstić information content (AvgIpc) is 2.48. The maximum Gasteiger partial charge on any atom is 0.311 e. The van der Waals surface area contributed by atoms with Gasteiger partial charge < -0.3 is 10.1 Å². The van der Waals surface area contributed by atoms with Gasteiger partial charge in [-0.3, -0.25) is 14.9 Å². The summed E-state index contributed by atoms with van der Waals surface area (Å²) in [4.78, 5) is 22.5. The van der Waals surface area contributed by atoms with Crippen LogP contribution >= 0.6 is 15.9 Å². The molecule has 0 radical (unpaired) electrons. The zero-order valence-corrected chi connectivity index (χ0v) is 12.6. The second kappa shape index (κ2) is 6.36. The Morgan fingerprint density at radius 2 is 2.00 bits per heavy atom. The van der Waals surface area contributed by atoms with Crippen molar-refractivity contribution in [3.63, 3.8) is 0 Å². The standard InChI is InChI=1S/C14H11BrN2O4/c1-21-13-7-6-9(8-12(13)17(19)20)14(18)16-11-5-3-2-4-10(11)15/h2-8H,1H3,(H,16,18). The lowest BCUT2D eigenvalue weighted by Crippen LogP contribution is -2.12. The van der Waals surface area contributed by atoms with Crippen LogP contribution in [0.15, 0.2) is 46.9 Å². The van der Waals surface area contributed by atoms with E-state index in [4.69, 9.17) is 4.74 Å². The van der Waals surface area contributed by atoms with Crippen molar-refractivity contribution in [2.45, 2.75) is 0 Å². The molecular formula is C14H11BrN2O4. The monoisotopic (exact) mass is 350 g/mol. The second-order valence-corrected chi connectivity index (χ2v) is 4.93. The third kappa shape index (κ3) is 3.38. The van der Waals surface area contributed by atoms with E-state index in [0.29, 0.717) is 5.69 Å². The zero-order valence-electron chi connectivity index (χ0n) is 11.0. The predicted octanol–water partition coefficient (Wildman–Crippen LogP) is 3.62. The molecule has 0 atom stereocenters. The number of nitrogens with one attached hydrogen (secondary N) is 1. The lowest BCUT2D eigenvalue weighted by atomic mass is 10.1. The lowest BCUT2D eigenvalue weighted by Gasteiger charge is -2.08. The molecule has 108 valence electrons. The number of ether oxygens (including phenoxy) is 1. The predicted molar refractivity (Wildman–Crippen MR) is 81.7 cm³/mol. The van der Waals surface area contributed by atoms with E-state index in [1.54, 1.807) is 18.2 Å². The Labute approximate surface area is 129 Å². The number of nitro benzene ring substituents is 1. The Morgan fingerprint density at radius 3 is 2.62 bits per heavy atom. The highest BCUT2D eigenvalue weighted by Crippen LogP contribution is 2.28. The van der Waals surface area contributed by atoms with Gasteiger partial charge in [-0.2, -0.15) is 0 Å². The molecule has 0 unspecified atom stereocenters. The van der Waals surface area contributed by atoms with Crippen LogP contribution in [-0.2, 0) is 0 Å². The van der Waals surface area contributed by atoms with Crippen molar-refractivity contribution in [3.05, 3.63) is 62.6 Å². The van der Waals surface area contributed by atoms with Crippen molar-refractivity contribution < 1.29 is 14.5 Å². The number of para-hydroxylation sites is 1. The Morgan fingerprint density at radius 1 is 1.29 bits per heavy atom. The van der Waals surface area contributed by atoms with Crippen LogP contribution < -0.4 is 10.1 Å². The highest BCUT2D eigenvalue weighted by Gasteiger charge is 2.18. The molecule has 0 saturated carbocycles. The topological polar surface area (TPSA) is 81.5 Å². The highest BCUT2D eigenvalue weighted by atomic mass is 79.9. The maximum atomic E-state index is 12.1. The molecule has 2 aromatic rings. The maximum absolute atomic E-state index is 12.1. The van der Waals surface area contributed by atoms with Gasteiger partial charge in [0.15, 0.2) is 5.75 Å². The van der Waals surface area contributed by atoms with Gasteiger partial charge in [0, 0.05) is 16.1 Å². The zero-order chi connectivity index (χ0) is 15.4. The smallest absolute Gasteiger partial charge is 0.311 e. The number of rotatable bonds is 4. The fourth-order valence-corrected chi connectivity index (χ4v) is 2.11. The third-order valence-corrected chi connectivity index (χ3v) is 3.45. The van der Waals surface area contributed by atoms with E-state index in [1.165, 1.54) is 25.3 Å². The quantitative estimate of drug-likeness (QED) is 0.674. The number of amides is 1. The van der Waals surface area contributed by atoms with Gasteiger partial charge in [0.2, 0.25) is 0 Å². The molecule has 0 heterocycles. The van der Waals surface area contributed by atoms with Crippen LogP contribution in [0.3, 0.4) is 0 Å². The number of benzene rings is 2. The molecule has 2 rings (SSSR count). The summed E-state index contributed by atoms with van der Waals surface area (Å²) in [6.45, 7) is 0. The van der Waals surface area contributed by atoms with Crippen molar-refractivity contribution in [1.29, 1.82) is 0 Å². The van der Waals surface area contributed by atoms with Crippen LogP contribution in [0, 0.1) is 10.1 Å². The Kier molecular flexibility index (Phi) is 4.54. The van der Waals surface area contributed by atoms with Gasteiger partial charge >= 0.3 is 5.69 Å². The Bertz CT molecular complexity index is 703. The molecule has 0 aliphatic heterocycles. The van der Waals surface area contributed by atoms with Gasteiger partial charge in [-0.25, -0.2) is 0 Å². The molecule has 0 fully saturated rings. The molecule has 0 aromatic heterocycles. The number of nitrogens with zero attached hydrogens (tertiary/aromatic N) is 1. The Balaban J connectivity index is 2.30. The van der Waals surface area contributed by atoms with Crippen LogP contribution in [0.1, 0.15) is 10.4 Å². The van der Waals surface area contributed by atoms with E-state index in [-0.39, 0.29) is 17.0 Å². The first-order valence-electron chi connectivity index (χ1n) is 5.91. The van der Waals surface area contributed by atoms with Crippen LogP contribution in [-0.4, -0.2) is 17.9 Å². The van der Waals surface area contributed by atoms with E-state index >= 15 is 0 Å². The van der Waals surface area contributed by atoms with Gasteiger partial charge in [-0.05, 0) is 40.2 Å². The summed E-state index contributed by atoms with van der Waals surface area (Å²) >= 11 is 3.31. The number of carbonyl (C=O) groups is 1. The fraction of sp³-hybridized carbons (Fsp3) is 0.0714. The summed E-state index contributed by atoms with van der Waals surface area (Å²) in [5.74, 6) is -0.329. The van der Waals surface area contributed by atoms with Crippen molar-refractivity contribution in [3.8, 4) is 5.75 Å². The summed E-state index contributed by atoms with van der Waals surface area (Å²) < 4.78 is 5.62. The molecule has 1 N–H and O–H groups in total. The van der Waals surface area contributed by atoms with Gasteiger partial charge in [0.1, 0.15) is 0 Å². The molecule has 0 aliphatic rings. The van der Waals surface area contributed by atoms with E-state index in [0.717, 1.165) is 4.47 Å². The van der Waals surface area contributed by atoms with Crippen LogP contribution in [0.5, 0.6) is 5.75 Å². The van der Waals surface area contributed by atoms with Crippen LogP contribution in [0.4, 0.5) is 11.4 Å². The first-order valence-corrected chi connectivity index (χ1v) is 6.70. The van der Waals surface area contributed by atoms with Crippen molar-refractivity contribution in [2.24, 2.45) is 0 Å². The molecule has 0 bridgehead atoms. The fourth-order valence-electron chi connectivity index (χ4n) is 1.73. The minimum absolute atomic E-state index is 0.109. The summed E-state index contributed by atoms with van der Waals surface area (Å²) in [5, 5.41) is 13.6. The van der Waals surface area contributed by atoms with Crippen molar-refractivity contribution in [2.75, 3.05) is 12.4 Å².